The topological polar surface area (TPSA) is 61.4 Å². The molecule has 1 aliphatic rings. The molecular formula is C15H25N5O. The second kappa shape index (κ2) is 5.87. The third kappa shape index (κ3) is 4.31. The summed E-state index contributed by atoms with van der Waals surface area (Å²) in [5, 5.41) is 3.39. The second-order valence-corrected chi connectivity index (χ2v) is 6.53. The van der Waals surface area contributed by atoms with E-state index in [0.29, 0.717) is 0 Å². The number of aryl methyl sites for hydroxylation is 1. The smallest absolute Gasteiger partial charge is 0.219 e. The van der Waals surface area contributed by atoms with E-state index in [-0.39, 0.29) is 11.4 Å². The Morgan fingerprint density at radius 2 is 1.81 bits per heavy atom. The first-order valence-electron chi connectivity index (χ1n) is 7.39. The number of carbonyl (C=O) groups excluding carboxylic acids is 1. The van der Waals surface area contributed by atoms with Crippen molar-refractivity contribution in [2.75, 3.05) is 36.4 Å². The highest BCUT2D eigenvalue weighted by Crippen LogP contribution is 2.20. The van der Waals surface area contributed by atoms with Crippen molar-refractivity contribution >= 4 is 17.5 Å². The van der Waals surface area contributed by atoms with Crippen LogP contribution in [0.15, 0.2) is 6.07 Å². The zero-order chi connectivity index (χ0) is 15.6. The van der Waals surface area contributed by atoms with Crippen molar-refractivity contribution < 1.29 is 4.79 Å². The monoisotopic (exact) mass is 291 g/mol. The molecular weight excluding hydrogens is 266 g/mol. The molecule has 0 bridgehead atoms. The van der Waals surface area contributed by atoms with Gasteiger partial charge in [-0.25, -0.2) is 9.97 Å². The molecule has 0 unspecified atom stereocenters. The quantitative estimate of drug-likeness (QED) is 0.898. The van der Waals surface area contributed by atoms with Gasteiger partial charge < -0.3 is 15.1 Å². The van der Waals surface area contributed by atoms with Crippen LogP contribution >= 0.6 is 0 Å². The lowest BCUT2D eigenvalue weighted by molar-refractivity contribution is -0.129. The predicted octanol–water partition coefficient (Wildman–Crippen LogP) is 1.66. The lowest BCUT2D eigenvalue weighted by Crippen LogP contribution is -2.48. The number of hydrogen-bond acceptors (Lipinski definition) is 5. The Hall–Kier alpha value is -1.85. The largest absolute Gasteiger partial charge is 0.365 e. The van der Waals surface area contributed by atoms with Crippen molar-refractivity contribution in [3.05, 3.63) is 11.9 Å². The summed E-state index contributed by atoms with van der Waals surface area (Å²) in [6.45, 7) is 13.0. The van der Waals surface area contributed by atoms with Crippen LogP contribution in [0.1, 0.15) is 33.5 Å². The fourth-order valence-corrected chi connectivity index (χ4v) is 2.41. The van der Waals surface area contributed by atoms with E-state index in [1.54, 1.807) is 6.92 Å². The molecule has 2 rings (SSSR count). The van der Waals surface area contributed by atoms with Gasteiger partial charge in [0, 0.05) is 44.7 Å². The van der Waals surface area contributed by atoms with Crippen LogP contribution < -0.4 is 10.2 Å². The molecule has 0 radical (unpaired) electrons. The van der Waals surface area contributed by atoms with Crippen molar-refractivity contribution in [1.82, 2.24) is 14.9 Å². The molecule has 0 saturated carbocycles. The van der Waals surface area contributed by atoms with Crippen molar-refractivity contribution in [3.63, 3.8) is 0 Å². The van der Waals surface area contributed by atoms with Gasteiger partial charge in [0.25, 0.3) is 0 Å². The summed E-state index contributed by atoms with van der Waals surface area (Å²) in [4.78, 5) is 24.4. The van der Waals surface area contributed by atoms with E-state index in [1.165, 1.54) is 0 Å². The molecule has 1 aliphatic heterocycles. The van der Waals surface area contributed by atoms with Crippen LogP contribution in [-0.2, 0) is 4.79 Å². The van der Waals surface area contributed by atoms with Gasteiger partial charge in [0.2, 0.25) is 5.91 Å². The molecule has 1 N–H and O–H groups in total. The van der Waals surface area contributed by atoms with E-state index < -0.39 is 0 Å². The number of rotatable bonds is 2. The van der Waals surface area contributed by atoms with E-state index >= 15 is 0 Å². The van der Waals surface area contributed by atoms with Crippen LogP contribution in [0.4, 0.5) is 11.6 Å². The van der Waals surface area contributed by atoms with Crippen LogP contribution in [0, 0.1) is 6.92 Å². The molecule has 116 valence electrons. The third-order valence-corrected chi connectivity index (χ3v) is 3.38. The molecule has 0 spiro atoms. The van der Waals surface area contributed by atoms with Gasteiger partial charge in [-0.2, -0.15) is 0 Å². The standard InChI is InChI=1S/C15H25N5O/c1-11-16-13(18-15(3,4)5)10-14(17-11)20-8-6-19(7-9-20)12(2)21/h10H,6-9H2,1-5H3,(H,16,17,18). The Labute approximate surface area is 126 Å². The van der Waals surface area contributed by atoms with E-state index in [2.05, 4.69) is 41.0 Å². The first-order valence-corrected chi connectivity index (χ1v) is 7.39. The predicted molar refractivity (Wildman–Crippen MR) is 84.6 cm³/mol. The van der Waals surface area contributed by atoms with Crippen molar-refractivity contribution in [3.8, 4) is 0 Å². The van der Waals surface area contributed by atoms with Gasteiger partial charge in [-0.05, 0) is 27.7 Å². The summed E-state index contributed by atoms with van der Waals surface area (Å²) in [5.74, 6) is 2.67. The Bertz CT molecular complexity index is 515. The minimum absolute atomic E-state index is 0.0363. The molecule has 0 atom stereocenters. The van der Waals surface area contributed by atoms with Gasteiger partial charge in [0.1, 0.15) is 17.5 Å². The Morgan fingerprint density at radius 1 is 1.19 bits per heavy atom. The summed E-state index contributed by atoms with van der Waals surface area (Å²) >= 11 is 0. The van der Waals surface area contributed by atoms with Crippen molar-refractivity contribution in [1.29, 1.82) is 0 Å². The van der Waals surface area contributed by atoms with Crippen LogP contribution in [0.25, 0.3) is 0 Å². The van der Waals surface area contributed by atoms with Gasteiger partial charge in [0.15, 0.2) is 0 Å². The van der Waals surface area contributed by atoms with Crippen molar-refractivity contribution in [2.45, 2.75) is 40.2 Å². The molecule has 0 aromatic carbocycles. The maximum absolute atomic E-state index is 11.4. The molecule has 1 saturated heterocycles. The molecule has 21 heavy (non-hydrogen) atoms. The number of anilines is 2. The molecule has 1 amide bonds. The normalized spacial score (nSPS) is 16.0. The number of nitrogens with one attached hydrogen (secondary N) is 1. The minimum atomic E-state index is -0.0363. The highest BCUT2D eigenvalue weighted by atomic mass is 16.2. The highest BCUT2D eigenvalue weighted by Gasteiger charge is 2.21. The Kier molecular flexibility index (Phi) is 4.34. The third-order valence-electron chi connectivity index (χ3n) is 3.38. The van der Waals surface area contributed by atoms with Gasteiger partial charge in [-0.1, -0.05) is 0 Å². The van der Waals surface area contributed by atoms with Crippen molar-refractivity contribution in [2.24, 2.45) is 0 Å². The number of piperazine rings is 1. The lowest BCUT2D eigenvalue weighted by atomic mass is 10.1. The zero-order valence-electron chi connectivity index (χ0n) is 13.6. The number of carbonyl (C=O) groups is 1. The Balaban J connectivity index is 2.12. The zero-order valence-corrected chi connectivity index (χ0v) is 13.6. The second-order valence-electron chi connectivity index (χ2n) is 6.53. The van der Waals surface area contributed by atoms with Crippen LogP contribution in [-0.4, -0.2) is 52.5 Å². The van der Waals surface area contributed by atoms with E-state index in [9.17, 15) is 4.79 Å². The summed E-state index contributed by atoms with van der Waals surface area (Å²) in [6.07, 6.45) is 0. The first-order chi connectivity index (χ1) is 9.74. The summed E-state index contributed by atoms with van der Waals surface area (Å²) in [5.41, 5.74) is -0.0363. The molecule has 2 heterocycles. The van der Waals surface area contributed by atoms with Crippen LogP contribution in [0.2, 0.25) is 0 Å². The molecule has 1 fully saturated rings. The van der Waals surface area contributed by atoms with Gasteiger partial charge in [-0.3, -0.25) is 4.79 Å². The van der Waals surface area contributed by atoms with E-state index in [4.69, 9.17) is 0 Å². The lowest BCUT2D eigenvalue weighted by Gasteiger charge is -2.35. The maximum atomic E-state index is 11.4. The fraction of sp³-hybridized carbons (Fsp3) is 0.667. The average molecular weight is 291 g/mol. The molecule has 6 heteroatoms. The van der Waals surface area contributed by atoms with Gasteiger partial charge in [-0.15, -0.1) is 0 Å². The number of amides is 1. The van der Waals surface area contributed by atoms with Gasteiger partial charge in [0.05, 0.1) is 0 Å². The van der Waals surface area contributed by atoms with E-state index in [0.717, 1.165) is 43.6 Å². The summed E-state index contributed by atoms with van der Waals surface area (Å²) in [7, 11) is 0. The number of nitrogens with zero attached hydrogens (tertiary/aromatic N) is 4. The minimum Gasteiger partial charge on any atom is -0.365 e. The number of hydrogen-bond donors (Lipinski definition) is 1. The Morgan fingerprint density at radius 3 is 2.33 bits per heavy atom. The van der Waals surface area contributed by atoms with Crippen LogP contribution in [0.3, 0.4) is 0 Å². The molecule has 1 aromatic heterocycles. The molecule has 0 aliphatic carbocycles. The van der Waals surface area contributed by atoms with E-state index in [1.807, 2.05) is 17.9 Å². The summed E-state index contributed by atoms with van der Waals surface area (Å²) in [6, 6.07) is 1.99. The fourth-order valence-electron chi connectivity index (χ4n) is 2.41. The highest BCUT2D eigenvalue weighted by molar-refractivity contribution is 5.73. The SMILES string of the molecule is CC(=O)N1CCN(c2cc(NC(C)(C)C)nc(C)n2)CC1. The molecule has 1 aromatic rings. The molecule has 6 nitrogen and oxygen atoms in total. The summed E-state index contributed by atoms with van der Waals surface area (Å²) < 4.78 is 0. The maximum Gasteiger partial charge on any atom is 0.219 e. The first kappa shape index (κ1) is 15.5. The van der Waals surface area contributed by atoms with Gasteiger partial charge >= 0.3 is 0 Å². The van der Waals surface area contributed by atoms with Crippen LogP contribution in [0.5, 0.6) is 0 Å². The number of aromatic nitrogens is 2. The average Bonchev–Trinajstić information content (AvgIpc) is 2.36.